The normalized spacial score (nSPS) is 26.7. The molecule has 0 fully saturated rings. The topological polar surface area (TPSA) is 84.9 Å². The van der Waals surface area contributed by atoms with Crippen LogP contribution >= 0.6 is 0 Å². The highest BCUT2D eigenvalue weighted by Gasteiger charge is 2.28. The van der Waals surface area contributed by atoms with E-state index >= 15 is 0 Å². The molecule has 0 radical (unpaired) electrons. The van der Waals surface area contributed by atoms with E-state index in [1.54, 1.807) is 19.1 Å². The largest absolute Gasteiger partial charge is 0.469 e. The molecule has 0 saturated carbocycles. The van der Waals surface area contributed by atoms with Crippen molar-refractivity contribution in [3.63, 3.8) is 0 Å². The molecule has 0 bridgehead atoms. The Bertz CT molecular complexity index is 328. The molecule has 6 nitrogen and oxygen atoms in total. The Balaban J connectivity index is 2.60. The third-order valence-electron chi connectivity index (χ3n) is 2.71. The van der Waals surface area contributed by atoms with Gasteiger partial charge in [-0.15, -0.1) is 0 Å². The first-order valence-electron chi connectivity index (χ1n) is 5.91. The van der Waals surface area contributed by atoms with E-state index in [4.69, 9.17) is 4.74 Å². The zero-order chi connectivity index (χ0) is 13.5. The number of aliphatic hydroxyl groups is 1. The van der Waals surface area contributed by atoms with Gasteiger partial charge in [0, 0.05) is 6.42 Å². The van der Waals surface area contributed by atoms with E-state index in [1.807, 2.05) is 0 Å². The second kappa shape index (κ2) is 7.13. The van der Waals surface area contributed by atoms with Crippen LogP contribution in [0, 0.1) is 0 Å². The molecule has 0 aromatic heterocycles. The molecule has 18 heavy (non-hydrogen) atoms. The summed E-state index contributed by atoms with van der Waals surface area (Å²) in [4.78, 5) is 22.4. The number of rotatable bonds is 5. The van der Waals surface area contributed by atoms with E-state index < -0.39 is 12.2 Å². The molecule has 1 rings (SSSR count). The summed E-state index contributed by atoms with van der Waals surface area (Å²) in [6.07, 6.45) is 2.94. The summed E-state index contributed by atoms with van der Waals surface area (Å²) in [5, 5.41) is 12.0. The van der Waals surface area contributed by atoms with Crippen molar-refractivity contribution >= 4 is 11.9 Å². The molecular formula is C12H19NO5. The van der Waals surface area contributed by atoms with E-state index in [9.17, 15) is 14.7 Å². The molecule has 1 heterocycles. The Morgan fingerprint density at radius 3 is 2.72 bits per heavy atom. The number of aliphatic hydroxyl groups excluding tert-OH is 1. The van der Waals surface area contributed by atoms with Crippen LogP contribution in [-0.2, 0) is 19.1 Å². The van der Waals surface area contributed by atoms with Gasteiger partial charge in [-0.2, -0.15) is 0 Å². The van der Waals surface area contributed by atoms with Crippen LogP contribution in [0.1, 0.15) is 19.8 Å². The van der Waals surface area contributed by atoms with Crippen molar-refractivity contribution in [3.8, 4) is 0 Å². The molecule has 0 saturated heterocycles. The number of methoxy groups -OCH3 is 1. The summed E-state index contributed by atoms with van der Waals surface area (Å²) in [5.74, 6) is -0.490. The molecule has 0 spiro atoms. The van der Waals surface area contributed by atoms with E-state index in [-0.39, 0.29) is 30.9 Å². The van der Waals surface area contributed by atoms with Crippen molar-refractivity contribution in [1.29, 1.82) is 0 Å². The van der Waals surface area contributed by atoms with Gasteiger partial charge in [-0.05, 0) is 0 Å². The number of hydrogen-bond donors (Lipinski definition) is 2. The van der Waals surface area contributed by atoms with Gasteiger partial charge in [0.15, 0.2) is 0 Å². The molecule has 0 aliphatic carbocycles. The van der Waals surface area contributed by atoms with Gasteiger partial charge in [0.2, 0.25) is 5.91 Å². The van der Waals surface area contributed by atoms with Crippen LogP contribution in [0.4, 0.5) is 0 Å². The first-order chi connectivity index (χ1) is 8.60. The van der Waals surface area contributed by atoms with Crippen molar-refractivity contribution in [2.45, 2.75) is 38.0 Å². The molecular weight excluding hydrogens is 238 g/mol. The summed E-state index contributed by atoms with van der Waals surface area (Å²) < 4.78 is 10.1. The molecule has 1 aliphatic rings. The van der Waals surface area contributed by atoms with Crippen LogP contribution in [0.25, 0.3) is 0 Å². The van der Waals surface area contributed by atoms with Gasteiger partial charge in [0.1, 0.15) is 6.10 Å². The predicted octanol–water partition coefficient (Wildman–Crippen LogP) is -0.240. The highest BCUT2D eigenvalue weighted by molar-refractivity contribution is 5.76. The standard InChI is InChI=1S/C12H19NO5/c1-3-11(15)13-9-5-4-8(6-12(16)17-2)18-10(9)7-14/h4-5,8-10,14H,3,6-7H2,1-2H3,(H,13,15)/t8-,9+,10+/m0/s1. The Kier molecular flexibility index (Phi) is 5.80. The Morgan fingerprint density at radius 1 is 1.44 bits per heavy atom. The van der Waals surface area contributed by atoms with E-state index in [1.165, 1.54) is 7.11 Å². The monoisotopic (exact) mass is 257 g/mol. The maximum absolute atomic E-state index is 11.3. The van der Waals surface area contributed by atoms with Crippen LogP contribution in [0.3, 0.4) is 0 Å². The Hall–Kier alpha value is -1.40. The molecule has 3 atom stereocenters. The van der Waals surface area contributed by atoms with Gasteiger partial charge in [-0.1, -0.05) is 19.1 Å². The summed E-state index contributed by atoms with van der Waals surface area (Å²) in [6.45, 7) is 1.52. The molecule has 0 aromatic rings. The van der Waals surface area contributed by atoms with Gasteiger partial charge in [0.25, 0.3) is 0 Å². The summed E-state index contributed by atoms with van der Waals surface area (Å²) in [6, 6.07) is -0.364. The Labute approximate surface area is 106 Å². The SMILES string of the molecule is CCC(=O)N[C@@H]1C=C[C@@H](CC(=O)OC)O[C@@H]1CO. The molecule has 1 aliphatic heterocycles. The Morgan fingerprint density at radius 2 is 2.17 bits per heavy atom. The van der Waals surface area contributed by atoms with Crippen LogP contribution in [0.15, 0.2) is 12.2 Å². The maximum Gasteiger partial charge on any atom is 0.308 e. The minimum atomic E-state index is -0.542. The van der Waals surface area contributed by atoms with Gasteiger partial charge >= 0.3 is 5.97 Å². The molecule has 102 valence electrons. The number of carbonyl (C=O) groups excluding carboxylic acids is 2. The summed E-state index contributed by atoms with van der Waals surface area (Å²) in [7, 11) is 1.31. The average Bonchev–Trinajstić information content (AvgIpc) is 2.39. The quantitative estimate of drug-likeness (QED) is 0.524. The lowest BCUT2D eigenvalue weighted by Crippen LogP contribution is -2.48. The first kappa shape index (κ1) is 14.7. The summed E-state index contributed by atoms with van der Waals surface area (Å²) in [5.41, 5.74) is 0. The van der Waals surface area contributed by atoms with Gasteiger partial charge in [-0.25, -0.2) is 0 Å². The third kappa shape index (κ3) is 4.12. The third-order valence-corrected chi connectivity index (χ3v) is 2.71. The predicted molar refractivity (Wildman–Crippen MR) is 63.7 cm³/mol. The van der Waals surface area contributed by atoms with Crippen LogP contribution < -0.4 is 5.32 Å². The second-order valence-corrected chi connectivity index (χ2v) is 4.01. The lowest BCUT2D eigenvalue weighted by molar-refractivity contribution is -0.145. The van der Waals surface area contributed by atoms with Crippen LogP contribution in [-0.4, -0.2) is 48.9 Å². The van der Waals surface area contributed by atoms with Crippen molar-refractivity contribution in [2.24, 2.45) is 0 Å². The molecule has 6 heteroatoms. The number of amides is 1. The van der Waals surface area contributed by atoms with Gasteiger partial charge < -0.3 is 19.9 Å². The van der Waals surface area contributed by atoms with Crippen molar-refractivity contribution in [2.75, 3.05) is 13.7 Å². The number of hydrogen-bond acceptors (Lipinski definition) is 5. The van der Waals surface area contributed by atoms with E-state index in [0.29, 0.717) is 6.42 Å². The van der Waals surface area contributed by atoms with Crippen LogP contribution in [0.5, 0.6) is 0 Å². The summed E-state index contributed by atoms with van der Waals surface area (Å²) >= 11 is 0. The maximum atomic E-state index is 11.3. The van der Waals surface area contributed by atoms with Gasteiger partial charge in [0.05, 0.1) is 32.3 Å². The second-order valence-electron chi connectivity index (χ2n) is 4.01. The lowest BCUT2D eigenvalue weighted by Gasteiger charge is -2.31. The number of ether oxygens (including phenoxy) is 2. The van der Waals surface area contributed by atoms with Crippen molar-refractivity contribution < 1.29 is 24.2 Å². The molecule has 1 amide bonds. The van der Waals surface area contributed by atoms with E-state index in [2.05, 4.69) is 10.1 Å². The lowest BCUT2D eigenvalue weighted by atomic mass is 10.0. The van der Waals surface area contributed by atoms with E-state index in [0.717, 1.165) is 0 Å². The van der Waals surface area contributed by atoms with Crippen molar-refractivity contribution in [1.82, 2.24) is 5.32 Å². The molecule has 0 aromatic carbocycles. The average molecular weight is 257 g/mol. The molecule has 0 unspecified atom stereocenters. The zero-order valence-corrected chi connectivity index (χ0v) is 10.6. The fourth-order valence-electron chi connectivity index (χ4n) is 1.67. The zero-order valence-electron chi connectivity index (χ0n) is 10.6. The fraction of sp³-hybridized carbons (Fsp3) is 0.667. The minimum Gasteiger partial charge on any atom is -0.469 e. The van der Waals surface area contributed by atoms with Crippen LogP contribution in [0.2, 0.25) is 0 Å². The highest BCUT2D eigenvalue weighted by Crippen LogP contribution is 2.16. The number of nitrogens with one attached hydrogen (secondary N) is 1. The first-order valence-corrected chi connectivity index (χ1v) is 5.91. The number of carbonyl (C=O) groups is 2. The fourth-order valence-corrected chi connectivity index (χ4v) is 1.67. The number of esters is 1. The minimum absolute atomic E-state index is 0.0952. The van der Waals surface area contributed by atoms with Gasteiger partial charge in [-0.3, -0.25) is 9.59 Å². The smallest absolute Gasteiger partial charge is 0.308 e. The molecule has 2 N–H and O–H groups in total. The van der Waals surface area contributed by atoms with Crippen molar-refractivity contribution in [3.05, 3.63) is 12.2 Å². The highest BCUT2D eigenvalue weighted by atomic mass is 16.5.